The fourth-order valence-electron chi connectivity index (χ4n) is 3.47. The number of hydrogen-bond acceptors (Lipinski definition) is 2. The molecule has 3 rings (SSSR count). The molecule has 2 aliphatic carbocycles. The van der Waals surface area contributed by atoms with Gasteiger partial charge < -0.3 is 10.6 Å². The predicted molar refractivity (Wildman–Crippen MR) is 92.1 cm³/mol. The van der Waals surface area contributed by atoms with Crippen LogP contribution in [0.5, 0.6) is 0 Å². The number of benzene rings is 1. The van der Waals surface area contributed by atoms with Crippen LogP contribution < -0.4 is 10.6 Å². The number of anilines is 2. The summed E-state index contributed by atoms with van der Waals surface area (Å²) >= 11 is 0. The molecule has 0 bridgehead atoms. The van der Waals surface area contributed by atoms with E-state index in [2.05, 4.69) is 29.7 Å². The topological polar surface area (TPSA) is 41.1 Å². The lowest BCUT2D eigenvalue weighted by molar-refractivity contribution is -0.117. The molecule has 1 aromatic carbocycles. The molecule has 1 unspecified atom stereocenters. The van der Waals surface area contributed by atoms with E-state index < -0.39 is 0 Å². The number of rotatable bonds is 6. The van der Waals surface area contributed by atoms with Crippen molar-refractivity contribution < 1.29 is 4.79 Å². The third-order valence-corrected chi connectivity index (χ3v) is 5.08. The summed E-state index contributed by atoms with van der Waals surface area (Å²) in [6.07, 6.45) is 9.85. The molecule has 2 saturated carbocycles. The number of carbonyl (C=O) groups is 1. The number of hydrogen-bond donors (Lipinski definition) is 2. The van der Waals surface area contributed by atoms with Crippen LogP contribution in [0.3, 0.4) is 0 Å². The van der Waals surface area contributed by atoms with Crippen LogP contribution in [0.1, 0.15) is 58.3 Å². The van der Waals surface area contributed by atoms with Gasteiger partial charge in [0.15, 0.2) is 0 Å². The minimum atomic E-state index is 0.146. The van der Waals surface area contributed by atoms with Crippen molar-refractivity contribution >= 4 is 17.3 Å². The molecule has 1 amide bonds. The van der Waals surface area contributed by atoms with Crippen LogP contribution >= 0.6 is 0 Å². The number of nitrogens with one attached hydrogen (secondary N) is 2. The van der Waals surface area contributed by atoms with Crippen LogP contribution in [0.25, 0.3) is 0 Å². The Bertz CT molecular complexity index is 487. The normalized spacial score (nSPS) is 20.4. The first-order valence-electron chi connectivity index (χ1n) is 8.87. The van der Waals surface area contributed by atoms with Crippen molar-refractivity contribution in [2.24, 2.45) is 11.8 Å². The van der Waals surface area contributed by atoms with E-state index in [-0.39, 0.29) is 5.91 Å². The van der Waals surface area contributed by atoms with E-state index >= 15 is 0 Å². The van der Waals surface area contributed by atoms with Gasteiger partial charge in [-0.1, -0.05) is 26.2 Å². The Morgan fingerprint density at radius 3 is 2.32 bits per heavy atom. The maximum absolute atomic E-state index is 12.0. The van der Waals surface area contributed by atoms with Crippen molar-refractivity contribution in [2.45, 2.75) is 64.3 Å². The molecule has 0 aliphatic heterocycles. The molecule has 0 spiro atoms. The van der Waals surface area contributed by atoms with Gasteiger partial charge in [0.05, 0.1) is 0 Å². The first-order chi connectivity index (χ1) is 10.7. The number of amides is 1. The van der Waals surface area contributed by atoms with Crippen LogP contribution in [-0.2, 0) is 4.79 Å². The Morgan fingerprint density at radius 1 is 1.05 bits per heavy atom. The summed E-state index contributed by atoms with van der Waals surface area (Å²) in [5, 5.41) is 6.62. The SMILES string of the molecule is CC(CC(=O)Nc1ccc(NC2CCCCC2)cc1)C1CC1. The molecular weight excluding hydrogens is 272 g/mol. The molecule has 2 aliphatic rings. The van der Waals surface area contributed by atoms with E-state index in [1.165, 1.54) is 44.9 Å². The first kappa shape index (κ1) is 15.4. The Kier molecular flexibility index (Phi) is 5.01. The molecule has 1 aromatic rings. The van der Waals surface area contributed by atoms with Gasteiger partial charge in [-0.2, -0.15) is 0 Å². The molecule has 2 N–H and O–H groups in total. The van der Waals surface area contributed by atoms with Crippen molar-refractivity contribution in [2.75, 3.05) is 10.6 Å². The molecule has 22 heavy (non-hydrogen) atoms. The summed E-state index contributed by atoms with van der Waals surface area (Å²) in [5.74, 6) is 1.45. The molecule has 120 valence electrons. The highest BCUT2D eigenvalue weighted by molar-refractivity contribution is 5.91. The fourth-order valence-corrected chi connectivity index (χ4v) is 3.47. The maximum Gasteiger partial charge on any atom is 0.224 e. The van der Waals surface area contributed by atoms with E-state index in [0.29, 0.717) is 18.4 Å². The van der Waals surface area contributed by atoms with Crippen LogP contribution in [0.4, 0.5) is 11.4 Å². The zero-order chi connectivity index (χ0) is 15.4. The smallest absolute Gasteiger partial charge is 0.224 e. The van der Waals surface area contributed by atoms with Gasteiger partial charge in [0, 0.05) is 23.8 Å². The lowest BCUT2D eigenvalue weighted by atomic mass is 9.95. The zero-order valence-electron chi connectivity index (χ0n) is 13.6. The van der Waals surface area contributed by atoms with Gasteiger partial charge in [-0.25, -0.2) is 0 Å². The van der Waals surface area contributed by atoms with Gasteiger partial charge >= 0.3 is 0 Å². The standard InChI is InChI=1S/C19H28N2O/c1-14(15-7-8-15)13-19(22)21-18-11-9-17(10-12-18)20-16-5-3-2-4-6-16/h9-12,14-16,20H,2-8,13H2,1H3,(H,21,22). The maximum atomic E-state index is 12.0. The Morgan fingerprint density at radius 2 is 1.68 bits per heavy atom. The number of carbonyl (C=O) groups excluding carboxylic acids is 1. The average molecular weight is 300 g/mol. The van der Waals surface area contributed by atoms with Gasteiger partial charge in [-0.3, -0.25) is 4.79 Å². The molecule has 3 heteroatoms. The third-order valence-electron chi connectivity index (χ3n) is 5.08. The summed E-state index contributed by atoms with van der Waals surface area (Å²) in [4.78, 5) is 12.0. The van der Waals surface area contributed by atoms with Crippen LogP contribution in [0.2, 0.25) is 0 Å². The second kappa shape index (κ2) is 7.17. The molecule has 0 aromatic heterocycles. The van der Waals surface area contributed by atoms with Gasteiger partial charge in [-0.15, -0.1) is 0 Å². The van der Waals surface area contributed by atoms with Crippen molar-refractivity contribution in [3.63, 3.8) is 0 Å². The summed E-state index contributed by atoms with van der Waals surface area (Å²) in [5.41, 5.74) is 2.07. The predicted octanol–water partition coefficient (Wildman–Crippen LogP) is 4.81. The van der Waals surface area contributed by atoms with Gasteiger partial charge in [0.25, 0.3) is 0 Å². The largest absolute Gasteiger partial charge is 0.382 e. The highest BCUT2D eigenvalue weighted by Crippen LogP contribution is 2.38. The fraction of sp³-hybridized carbons (Fsp3) is 0.632. The highest BCUT2D eigenvalue weighted by atomic mass is 16.1. The molecule has 2 fully saturated rings. The first-order valence-corrected chi connectivity index (χ1v) is 8.87. The highest BCUT2D eigenvalue weighted by Gasteiger charge is 2.29. The molecule has 0 radical (unpaired) electrons. The lowest BCUT2D eigenvalue weighted by Gasteiger charge is -2.24. The van der Waals surface area contributed by atoms with Gasteiger partial charge in [0.2, 0.25) is 5.91 Å². The summed E-state index contributed by atoms with van der Waals surface area (Å²) in [7, 11) is 0. The molecule has 0 heterocycles. The minimum absolute atomic E-state index is 0.146. The van der Waals surface area contributed by atoms with Crippen LogP contribution in [-0.4, -0.2) is 11.9 Å². The molecule has 0 saturated heterocycles. The van der Waals surface area contributed by atoms with E-state index in [1.54, 1.807) is 0 Å². The van der Waals surface area contributed by atoms with E-state index in [1.807, 2.05) is 12.1 Å². The quantitative estimate of drug-likeness (QED) is 0.792. The Labute approximate surface area is 133 Å². The van der Waals surface area contributed by atoms with Crippen LogP contribution in [0, 0.1) is 11.8 Å². The van der Waals surface area contributed by atoms with Gasteiger partial charge in [-0.05, 0) is 61.8 Å². The van der Waals surface area contributed by atoms with Crippen molar-refractivity contribution in [1.29, 1.82) is 0 Å². The van der Waals surface area contributed by atoms with E-state index in [0.717, 1.165) is 17.3 Å². The van der Waals surface area contributed by atoms with Gasteiger partial charge in [0.1, 0.15) is 0 Å². The minimum Gasteiger partial charge on any atom is -0.382 e. The van der Waals surface area contributed by atoms with Crippen LogP contribution in [0.15, 0.2) is 24.3 Å². The third kappa shape index (κ3) is 4.49. The molecule has 1 atom stereocenters. The Balaban J connectivity index is 1.46. The van der Waals surface area contributed by atoms with Crippen molar-refractivity contribution in [3.05, 3.63) is 24.3 Å². The van der Waals surface area contributed by atoms with E-state index in [9.17, 15) is 4.79 Å². The summed E-state index contributed by atoms with van der Waals surface area (Å²) in [6.45, 7) is 2.19. The molecule has 3 nitrogen and oxygen atoms in total. The lowest BCUT2D eigenvalue weighted by Crippen LogP contribution is -2.22. The van der Waals surface area contributed by atoms with E-state index in [4.69, 9.17) is 0 Å². The monoisotopic (exact) mass is 300 g/mol. The second-order valence-corrected chi connectivity index (χ2v) is 7.12. The second-order valence-electron chi connectivity index (χ2n) is 7.12. The molecular formula is C19H28N2O. The Hall–Kier alpha value is -1.51. The van der Waals surface area contributed by atoms with Crippen molar-refractivity contribution in [1.82, 2.24) is 0 Å². The summed E-state index contributed by atoms with van der Waals surface area (Å²) in [6, 6.07) is 8.78. The average Bonchev–Trinajstić information content (AvgIpc) is 3.35. The summed E-state index contributed by atoms with van der Waals surface area (Å²) < 4.78 is 0. The zero-order valence-corrected chi connectivity index (χ0v) is 13.6. The van der Waals surface area contributed by atoms with Crippen molar-refractivity contribution in [3.8, 4) is 0 Å².